The number of benzene rings is 1. The van der Waals surface area contributed by atoms with Crippen LogP contribution in [0.4, 0.5) is 4.39 Å². The topological polar surface area (TPSA) is 32.3 Å². The zero-order valence-corrected chi connectivity index (χ0v) is 11.8. The minimum Gasteiger partial charge on any atom is -0.345 e. The van der Waals surface area contributed by atoms with Crippen LogP contribution in [0, 0.1) is 11.7 Å². The van der Waals surface area contributed by atoms with Crippen LogP contribution in [0.5, 0.6) is 0 Å². The van der Waals surface area contributed by atoms with Crippen molar-refractivity contribution in [1.29, 1.82) is 0 Å². The Bertz CT molecular complexity index is 449. The molecule has 1 heterocycles. The van der Waals surface area contributed by atoms with E-state index in [1.54, 1.807) is 24.1 Å². The van der Waals surface area contributed by atoms with Gasteiger partial charge >= 0.3 is 0 Å². The van der Waals surface area contributed by atoms with E-state index in [-0.39, 0.29) is 17.6 Å². The van der Waals surface area contributed by atoms with Crippen LogP contribution >= 0.6 is 15.9 Å². The second kappa shape index (κ2) is 5.80. The highest BCUT2D eigenvalue weighted by Gasteiger charge is 2.27. The Labute approximate surface area is 114 Å². The number of nitrogens with one attached hydrogen (secondary N) is 1. The number of likely N-dealkylation sites (N-methyl/N-ethyl adjacent to an activating group) is 1. The molecule has 0 unspecified atom stereocenters. The van der Waals surface area contributed by atoms with Gasteiger partial charge in [-0.25, -0.2) is 4.39 Å². The SMILES string of the molecule is CN(CCc1cc(Br)ccc1F)C(=O)C1CNC1. The molecule has 98 valence electrons. The number of amides is 1. The summed E-state index contributed by atoms with van der Waals surface area (Å²) in [6.07, 6.45) is 0.535. The summed E-state index contributed by atoms with van der Waals surface area (Å²) in [7, 11) is 1.77. The van der Waals surface area contributed by atoms with E-state index in [0.29, 0.717) is 18.5 Å². The van der Waals surface area contributed by atoms with Crippen molar-refractivity contribution >= 4 is 21.8 Å². The van der Waals surface area contributed by atoms with Gasteiger partial charge in [-0.15, -0.1) is 0 Å². The van der Waals surface area contributed by atoms with Crippen LogP contribution in [0.3, 0.4) is 0 Å². The van der Waals surface area contributed by atoms with Crippen LogP contribution in [0.25, 0.3) is 0 Å². The van der Waals surface area contributed by atoms with E-state index < -0.39 is 0 Å². The second-order valence-electron chi connectivity index (χ2n) is 4.60. The Morgan fingerprint density at radius 1 is 1.56 bits per heavy atom. The fourth-order valence-corrected chi connectivity index (χ4v) is 2.32. The normalized spacial score (nSPS) is 15.3. The maximum absolute atomic E-state index is 13.5. The van der Waals surface area contributed by atoms with Crippen molar-refractivity contribution in [3.05, 3.63) is 34.1 Å². The Morgan fingerprint density at radius 3 is 2.89 bits per heavy atom. The molecule has 0 radical (unpaired) electrons. The van der Waals surface area contributed by atoms with E-state index in [1.165, 1.54) is 6.07 Å². The first-order valence-electron chi connectivity index (χ1n) is 5.97. The molecule has 1 saturated heterocycles. The first-order valence-corrected chi connectivity index (χ1v) is 6.77. The summed E-state index contributed by atoms with van der Waals surface area (Å²) in [6, 6.07) is 4.88. The highest BCUT2D eigenvalue weighted by Crippen LogP contribution is 2.16. The molecule has 5 heteroatoms. The molecule has 0 bridgehead atoms. The lowest BCUT2D eigenvalue weighted by Crippen LogP contribution is -2.51. The molecule has 1 aromatic rings. The Kier molecular flexibility index (Phi) is 4.35. The Balaban J connectivity index is 1.90. The van der Waals surface area contributed by atoms with Gasteiger partial charge in [-0.2, -0.15) is 0 Å². The predicted octanol–water partition coefficient (Wildman–Crippen LogP) is 1.81. The number of halogens is 2. The van der Waals surface area contributed by atoms with Crippen LogP contribution in [-0.4, -0.2) is 37.5 Å². The molecule has 1 fully saturated rings. The van der Waals surface area contributed by atoms with Crippen molar-refractivity contribution < 1.29 is 9.18 Å². The van der Waals surface area contributed by atoms with Crippen LogP contribution in [-0.2, 0) is 11.2 Å². The van der Waals surface area contributed by atoms with Crippen LogP contribution < -0.4 is 5.32 Å². The zero-order chi connectivity index (χ0) is 13.1. The van der Waals surface area contributed by atoms with E-state index in [2.05, 4.69) is 21.2 Å². The van der Waals surface area contributed by atoms with Crippen LogP contribution in [0.15, 0.2) is 22.7 Å². The summed E-state index contributed by atoms with van der Waals surface area (Å²) in [5.41, 5.74) is 0.635. The monoisotopic (exact) mass is 314 g/mol. The second-order valence-corrected chi connectivity index (χ2v) is 5.52. The lowest BCUT2D eigenvalue weighted by atomic mass is 10.0. The minimum atomic E-state index is -0.218. The molecule has 1 amide bonds. The van der Waals surface area contributed by atoms with Crippen molar-refractivity contribution in [1.82, 2.24) is 10.2 Å². The lowest BCUT2D eigenvalue weighted by molar-refractivity contribution is -0.135. The first kappa shape index (κ1) is 13.5. The molecule has 1 aliphatic rings. The summed E-state index contributed by atoms with van der Waals surface area (Å²) in [4.78, 5) is 13.6. The van der Waals surface area contributed by atoms with Gasteiger partial charge in [0.25, 0.3) is 0 Å². The third kappa shape index (κ3) is 3.09. The van der Waals surface area contributed by atoms with E-state index in [1.807, 2.05) is 0 Å². The summed E-state index contributed by atoms with van der Waals surface area (Å²) in [5.74, 6) is 0.0240. The molecule has 3 nitrogen and oxygen atoms in total. The van der Waals surface area contributed by atoms with Gasteiger partial charge in [-0.3, -0.25) is 4.79 Å². The average molecular weight is 315 g/mol. The summed E-state index contributed by atoms with van der Waals surface area (Å²) in [5, 5.41) is 3.07. The fourth-order valence-electron chi connectivity index (χ4n) is 1.91. The predicted molar refractivity (Wildman–Crippen MR) is 71.8 cm³/mol. The van der Waals surface area contributed by atoms with Gasteiger partial charge in [0.15, 0.2) is 0 Å². The quantitative estimate of drug-likeness (QED) is 0.919. The van der Waals surface area contributed by atoms with Crippen LogP contribution in [0.2, 0.25) is 0 Å². The first-order chi connectivity index (χ1) is 8.58. The molecule has 2 rings (SSSR count). The molecular weight excluding hydrogens is 299 g/mol. The molecule has 0 aromatic heterocycles. The molecular formula is C13H16BrFN2O. The number of rotatable bonds is 4. The number of hydrogen-bond acceptors (Lipinski definition) is 2. The maximum atomic E-state index is 13.5. The molecule has 1 N–H and O–H groups in total. The van der Waals surface area contributed by atoms with Crippen LogP contribution in [0.1, 0.15) is 5.56 Å². The van der Waals surface area contributed by atoms with Gasteiger partial charge in [-0.1, -0.05) is 15.9 Å². The molecule has 1 aliphatic heterocycles. The highest BCUT2D eigenvalue weighted by molar-refractivity contribution is 9.10. The Hall–Kier alpha value is -0.940. The van der Waals surface area contributed by atoms with E-state index >= 15 is 0 Å². The molecule has 0 atom stereocenters. The number of carbonyl (C=O) groups is 1. The van der Waals surface area contributed by atoms with Crippen molar-refractivity contribution in [3.63, 3.8) is 0 Å². The van der Waals surface area contributed by atoms with Crippen molar-refractivity contribution in [2.75, 3.05) is 26.7 Å². The van der Waals surface area contributed by atoms with Gasteiger partial charge in [0.2, 0.25) is 5.91 Å². The summed E-state index contributed by atoms with van der Waals surface area (Å²) < 4.78 is 14.4. The highest BCUT2D eigenvalue weighted by atomic mass is 79.9. The molecule has 0 aliphatic carbocycles. The molecule has 18 heavy (non-hydrogen) atoms. The van der Waals surface area contributed by atoms with Gasteiger partial charge in [0.05, 0.1) is 5.92 Å². The van der Waals surface area contributed by atoms with E-state index in [4.69, 9.17) is 0 Å². The van der Waals surface area contributed by atoms with Gasteiger partial charge in [0, 0.05) is 31.2 Å². The standard InChI is InChI=1S/C13H16BrFN2O/c1-17(13(18)10-7-16-8-10)5-4-9-6-11(14)2-3-12(9)15/h2-3,6,10,16H,4-5,7-8H2,1H3. The molecule has 0 saturated carbocycles. The minimum absolute atomic E-state index is 0.0994. The third-order valence-electron chi connectivity index (χ3n) is 3.23. The largest absolute Gasteiger partial charge is 0.345 e. The van der Waals surface area contributed by atoms with Gasteiger partial charge in [-0.05, 0) is 30.2 Å². The smallest absolute Gasteiger partial charge is 0.228 e. The Morgan fingerprint density at radius 2 is 2.28 bits per heavy atom. The number of hydrogen-bond donors (Lipinski definition) is 1. The third-order valence-corrected chi connectivity index (χ3v) is 3.72. The average Bonchev–Trinajstić information content (AvgIpc) is 2.27. The van der Waals surface area contributed by atoms with Crippen molar-refractivity contribution in [3.8, 4) is 0 Å². The van der Waals surface area contributed by atoms with E-state index in [0.717, 1.165) is 17.6 Å². The molecule has 0 spiro atoms. The van der Waals surface area contributed by atoms with E-state index in [9.17, 15) is 9.18 Å². The zero-order valence-electron chi connectivity index (χ0n) is 10.2. The van der Waals surface area contributed by atoms with Gasteiger partial charge < -0.3 is 10.2 Å². The van der Waals surface area contributed by atoms with Gasteiger partial charge in [0.1, 0.15) is 5.82 Å². The molecule has 1 aromatic carbocycles. The number of carbonyl (C=O) groups excluding carboxylic acids is 1. The lowest BCUT2D eigenvalue weighted by Gasteiger charge is -2.30. The van der Waals surface area contributed by atoms with Crippen molar-refractivity contribution in [2.24, 2.45) is 5.92 Å². The summed E-state index contributed by atoms with van der Waals surface area (Å²) >= 11 is 3.32. The maximum Gasteiger partial charge on any atom is 0.228 e. The van der Waals surface area contributed by atoms with Crippen molar-refractivity contribution in [2.45, 2.75) is 6.42 Å². The number of nitrogens with zero attached hydrogens (tertiary/aromatic N) is 1. The summed E-state index contributed by atoms with van der Waals surface area (Å²) in [6.45, 7) is 2.06. The fraction of sp³-hybridized carbons (Fsp3) is 0.462.